The lowest BCUT2D eigenvalue weighted by atomic mass is 10.2. The van der Waals surface area contributed by atoms with E-state index in [2.05, 4.69) is 37.7 Å². The maximum absolute atomic E-state index is 4.64. The largest absolute Gasteiger partial charge is 0.367 e. The van der Waals surface area contributed by atoms with Gasteiger partial charge in [-0.05, 0) is 31.9 Å². The molecule has 0 amide bonds. The average molecular weight is 319 g/mol. The summed E-state index contributed by atoms with van der Waals surface area (Å²) < 4.78 is 0. The number of aryl methyl sites for hydroxylation is 1. The van der Waals surface area contributed by atoms with Gasteiger partial charge in [0.25, 0.3) is 0 Å². The molecule has 2 N–H and O–H groups in total. The Morgan fingerprint density at radius 3 is 2.75 bits per heavy atom. The van der Waals surface area contributed by atoms with Gasteiger partial charge in [-0.1, -0.05) is 31.0 Å². The molecule has 0 spiro atoms. The van der Waals surface area contributed by atoms with Gasteiger partial charge in [0.05, 0.1) is 11.2 Å². The molecule has 2 heterocycles. The fourth-order valence-corrected chi connectivity index (χ4v) is 3.30. The number of nitrogens with zero attached hydrogens (tertiary/aromatic N) is 3. The summed E-state index contributed by atoms with van der Waals surface area (Å²) in [5, 5.41) is 7.96. The minimum atomic E-state index is 0.534. The number of rotatable bonds is 4. The second-order valence-electron chi connectivity index (χ2n) is 6.35. The summed E-state index contributed by atoms with van der Waals surface area (Å²) in [5.41, 5.74) is 2.79. The summed E-state index contributed by atoms with van der Waals surface area (Å²) in [7, 11) is 0. The first kappa shape index (κ1) is 14.9. The highest BCUT2D eigenvalue weighted by molar-refractivity contribution is 5.91. The van der Waals surface area contributed by atoms with E-state index in [9.17, 15) is 0 Å². The zero-order valence-electron chi connectivity index (χ0n) is 13.8. The summed E-state index contributed by atoms with van der Waals surface area (Å²) >= 11 is 0. The molecule has 2 aromatic heterocycles. The zero-order chi connectivity index (χ0) is 16.4. The summed E-state index contributed by atoms with van der Waals surface area (Å²) in [6.07, 6.45) is 6.85. The number of fused-ring (bicyclic) bond motifs is 1. The highest BCUT2D eigenvalue weighted by atomic mass is 15.2. The number of aromatic nitrogens is 3. The van der Waals surface area contributed by atoms with Gasteiger partial charge in [0, 0.05) is 29.4 Å². The van der Waals surface area contributed by atoms with E-state index in [0.29, 0.717) is 12.0 Å². The molecule has 0 bridgehead atoms. The molecule has 4 rings (SSSR count). The number of hydrogen-bond acceptors (Lipinski definition) is 5. The van der Waals surface area contributed by atoms with Crippen molar-refractivity contribution >= 4 is 28.4 Å². The van der Waals surface area contributed by atoms with Gasteiger partial charge in [-0.3, -0.25) is 4.98 Å². The van der Waals surface area contributed by atoms with Crippen molar-refractivity contribution in [1.82, 2.24) is 15.0 Å². The minimum Gasteiger partial charge on any atom is -0.367 e. The van der Waals surface area contributed by atoms with Crippen molar-refractivity contribution in [3.63, 3.8) is 0 Å². The molecule has 0 radical (unpaired) electrons. The third-order valence-corrected chi connectivity index (χ3v) is 4.44. The van der Waals surface area contributed by atoms with E-state index < -0.39 is 0 Å². The lowest BCUT2D eigenvalue weighted by Crippen LogP contribution is -2.16. The topological polar surface area (TPSA) is 62.7 Å². The molecule has 1 saturated carbocycles. The van der Waals surface area contributed by atoms with Crippen LogP contribution in [-0.2, 0) is 0 Å². The minimum absolute atomic E-state index is 0.534. The lowest BCUT2D eigenvalue weighted by molar-refractivity contribution is 0.749. The van der Waals surface area contributed by atoms with Crippen molar-refractivity contribution in [3.8, 4) is 0 Å². The average Bonchev–Trinajstić information content (AvgIpc) is 3.08. The molecule has 24 heavy (non-hydrogen) atoms. The fourth-order valence-electron chi connectivity index (χ4n) is 3.30. The van der Waals surface area contributed by atoms with Crippen LogP contribution >= 0.6 is 0 Å². The Kier molecular flexibility index (Phi) is 3.99. The van der Waals surface area contributed by atoms with Crippen LogP contribution in [0.2, 0.25) is 0 Å². The van der Waals surface area contributed by atoms with Crippen molar-refractivity contribution in [2.45, 2.75) is 38.6 Å². The Balaban J connectivity index is 1.62. The monoisotopic (exact) mass is 319 g/mol. The van der Waals surface area contributed by atoms with E-state index in [1.54, 1.807) is 6.20 Å². The van der Waals surface area contributed by atoms with Gasteiger partial charge in [0.2, 0.25) is 5.95 Å². The third-order valence-electron chi connectivity index (χ3n) is 4.44. The molecule has 1 fully saturated rings. The van der Waals surface area contributed by atoms with Crippen LogP contribution in [0.25, 0.3) is 10.9 Å². The molecule has 122 valence electrons. The molecule has 0 saturated heterocycles. The molecule has 1 aliphatic carbocycles. The number of benzene rings is 1. The van der Waals surface area contributed by atoms with Crippen LogP contribution in [0.4, 0.5) is 17.5 Å². The number of para-hydroxylation sites is 1. The fraction of sp³-hybridized carbons (Fsp3) is 0.316. The lowest BCUT2D eigenvalue weighted by Gasteiger charge is -2.14. The summed E-state index contributed by atoms with van der Waals surface area (Å²) in [4.78, 5) is 13.6. The van der Waals surface area contributed by atoms with Crippen molar-refractivity contribution in [2.24, 2.45) is 0 Å². The van der Waals surface area contributed by atoms with E-state index in [1.165, 1.54) is 25.7 Å². The van der Waals surface area contributed by atoms with Crippen LogP contribution in [0.1, 0.15) is 31.4 Å². The van der Waals surface area contributed by atoms with Crippen LogP contribution in [0, 0.1) is 6.92 Å². The smallest absolute Gasteiger partial charge is 0.229 e. The Morgan fingerprint density at radius 1 is 1.04 bits per heavy atom. The maximum Gasteiger partial charge on any atom is 0.229 e. The molecule has 3 aromatic rings. The molecule has 5 heteroatoms. The second-order valence-corrected chi connectivity index (χ2v) is 6.35. The SMILES string of the molecule is Cc1cc(NC2CCCC2)nc(Nc2cccc3cccnc23)n1. The van der Waals surface area contributed by atoms with E-state index >= 15 is 0 Å². The molecule has 0 unspecified atom stereocenters. The van der Waals surface area contributed by atoms with E-state index in [-0.39, 0.29) is 0 Å². The second kappa shape index (κ2) is 6.43. The standard InChI is InChI=1S/C19H21N5/c1-13-12-17(22-15-8-2-3-9-15)24-19(21-13)23-16-10-4-6-14-7-5-11-20-18(14)16/h4-7,10-12,15H,2-3,8-9H2,1H3,(H2,21,22,23,24). The Bertz CT molecular complexity index is 850. The molecule has 1 aromatic carbocycles. The first-order valence-electron chi connectivity index (χ1n) is 8.51. The summed E-state index contributed by atoms with van der Waals surface area (Å²) in [5.74, 6) is 1.50. The van der Waals surface area contributed by atoms with Gasteiger partial charge in [-0.25, -0.2) is 4.98 Å². The van der Waals surface area contributed by atoms with Crippen molar-refractivity contribution in [2.75, 3.05) is 10.6 Å². The van der Waals surface area contributed by atoms with E-state index in [0.717, 1.165) is 28.1 Å². The summed E-state index contributed by atoms with van der Waals surface area (Å²) in [6.45, 7) is 1.99. The number of anilines is 3. The van der Waals surface area contributed by atoms with E-state index in [1.807, 2.05) is 31.2 Å². The van der Waals surface area contributed by atoms with E-state index in [4.69, 9.17) is 0 Å². The normalized spacial score (nSPS) is 14.9. The predicted molar refractivity (Wildman–Crippen MR) is 97.7 cm³/mol. The molecule has 0 aliphatic heterocycles. The van der Waals surface area contributed by atoms with Gasteiger partial charge in [-0.2, -0.15) is 4.98 Å². The first-order valence-corrected chi connectivity index (χ1v) is 8.51. The molecule has 1 aliphatic rings. The molecular weight excluding hydrogens is 298 g/mol. The van der Waals surface area contributed by atoms with Gasteiger partial charge in [-0.15, -0.1) is 0 Å². The highest BCUT2D eigenvalue weighted by Gasteiger charge is 2.15. The maximum atomic E-state index is 4.64. The molecule has 5 nitrogen and oxygen atoms in total. The van der Waals surface area contributed by atoms with Gasteiger partial charge >= 0.3 is 0 Å². The van der Waals surface area contributed by atoms with Crippen LogP contribution < -0.4 is 10.6 Å². The molecule has 0 atom stereocenters. The van der Waals surface area contributed by atoms with Crippen LogP contribution in [0.5, 0.6) is 0 Å². The van der Waals surface area contributed by atoms with Crippen molar-refractivity contribution in [1.29, 1.82) is 0 Å². The van der Waals surface area contributed by atoms with Crippen LogP contribution in [0.15, 0.2) is 42.6 Å². The van der Waals surface area contributed by atoms with Crippen molar-refractivity contribution in [3.05, 3.63) is 48.3 Å². The van der Waals surface area contributed by atoms with Crippen LogP contribution in [-0.4, -0.2) is 21.0 Å². The first-order chi connectivity index (χ1) is 11.8. The Hall–Kier alpha value is -2.69. The number of nitrogens with one attached hydrogen (secondary N) is 2. The van der Waals surface area contributed by atoms with Gasteiger partial charge < -0.3 is 10.6 Å². The number of pyridine rings is 1. The number of hydrogen-bond donors (Lipinski definition) is 2. The summed E-state index contributed by atoms with van der Waals surface area (Å²) in [6, 6.07) is 12.6. The molecular formula is C19H21N5. The van der Waals surface area contributed by atoms with Gasteiger partial charge in [0.15, 0.2) is 0 Å². The Labute approximate surface area is 141 Å². The Morgan fingerprint density at radius 2 is 1.88 bits per heavy atom. The highest BCUT2D eigenvalue weighted by Crippen LogP contribution is 2.25. The van der Waals surface area contributed by atoms with Crippen LogP contribution in [0.3, 0.4) is 0 Å². The van der Waals surface area contributed by atoms with Gasteiger partial charge in [0.1, 0.15) is 5.82 Å². The van der Waals surface area contributed by atoms with Crippen molar-refractivity contribution < 1.29 is 0 Å². The quantitative estimate of drug-likeness (QED) is 0.745. The predicted octanol–water partition coefficient (Wildman–Crippen LogP) is 4.43. The zero-order valence-corrected chi connectivity index (χ0v) is 13.8. The third kappa shape index (κ3) is 3.15.